The summed E-state index contributed by atoms with van der Waals surface area (Å²) in [6.07, 6.45) is 8.84. The highest BCUT2D eigenvalue weighted by Crippen LogP contribution is 2.24. The lowest BCUT2D eigenvalue weighted by Gasteiger charge is -2.13. The highest BCUT2D eigenvalue weighted by Gasteiger charge is 2.12. The summed E-state index contributed by atoms with van der Waals surface area (Å²) in [7, 11) is 0. The predicted octanol–water partition coefficient (Wildman–Crippen LogP) is 7.53. The Labute approximate surface area is 197 Å². The van der Waals surface area contributed by atoms with Crippen LogP contribution in [0.3, 0.4) is 0 Å². The Morgan fingerprint density at radius 1 is 0.727 bits per heavy atom. The van der Waals surface area contributed by atoms with Crippen LogP contribution in [0.1, 0.15) is 52.9 Å². The Balaban J connectivity index is 1.52. The summed E-state index contributed by atoms with van der Waals surface area (Å²) in [4.78, 5) is 9.03. The third-order valence-corrected chi connectivity index (χ3v) is 5.60. The number of unbranched alkanes of at least 4 members (excludes halogenated alkanes) is 4. The molecule has 3 aromatic rings. The van der Waals surface area contributed by atoms with Crippen molar-refractivity contribution >= 4 is 0 Å². The van der Waals surface area contributed by atoms with Crippen LogP contribution in [-0.2, 0) is 0 Å². The zero-order valence-electron chi connectivity index (χ0n) is 20.0. The summed E-state index contributed by atoms with van der Waals surface area (Å²) in [6.45, 7) is 6.73. The number of hydrogen-bond acceptors (Lipinski definition) is 4. The molecule has 0 spiro atoms. The van der Waals surface area contributed by atoms with Gasteiger partial charge in [-0.05, 0) is 54.3 Å². The zero-order valence-corrected chi connectivity index (χ0v) is 20.0. The molecule has 0 aliphatic rings. The molecule has 3 rings (SSSR count). The normalized spacial score (nSPS) is 12.0. The minimum atomic E-state index is -0.975. The van der Waals surface area contributed by atoms with E-state index < -0.39 is 6.17 Å². The van der Waals surface area contributed by atoms with Crippen LogP contribution in [0.15, 0.2) is 60.9 Å². The highest BCUT2D eigenvalue weighted by molar-refractivity contribution is 5.64. The van der Waals surface area contributed by atoms with Crippen LogP contribution in [0.25, 0.3) is 22.5 Å². The second-order valence-corrected chi connectivity index (χ2v) is 8.68. The van der Waals surface area contributed by atoms with E-state index in [9.17, 15) is 4.39 Å². The minimum Gasteiger partial charge on any atom is -0.494 e. The molecule has 0 amide bonds. The van der Waals surface area contributed by atoms with Gasteiger partial charge in [-0.2, -0.15) is 0 Å². The standard InChI is InChI=1S/C28H35FN2O2/c1-4-5-6-7-8-17-32-25-13-9-22(10-14-25)24-18-30-28(31-19-24)23-11-15-26(16-12-23)33-20-27(29)21(2)3/h9-16,18-19,21,27H,4-8,17,20H2,1-3H3. The van der Waals surface area contributed by atoms with Crippen molar-refractivity contribution in [3.05, 3.63) is 60.9 Å². The maximum Gasteiger partial charge on any atom is 0.159 e. The van der Waals surface area contributed by atoms with Gasteiger partial charge >= 0.3 is 0 Å². The van der Waals surface area contributed by atoms with Crippen LogP contribution >= 0.6 is 0 Å². The summed E-state index contributed by atoms with van der Waals surface area (Å²) >= 11 is 0. The summed E-state index contributed by atoms with van der Waals surface area (Å²) in [6, 6.07) is 15.5. The maximum absolute atomic E-state index is 13.7. The SMILES string of the molecule is CCCCCCCOc1ccc(-c2cnc(-c3ccc(OCC(F)C(C)C)cc3)nc2)cc1. The van der Waals surface area contributed by atoms with Crippen molar-refractivity contribution in [3.63, 3.8) is 0 Å². The topological polar surface area (TPSA) is 44.2 Å². The van der Waals surface area contributed by atoms with Crippen LogP contribution < -0.4 is 9.47 Å². The first kappa shape index (κ1) is 24.7. The molecule has 0 fully saturated rings. The quantitative estimate of drug-likeness (QED) is 0.252. The van der Waals surface area contributed by atoms with Crippen molar-refractivity contribution < 1.29 is 13.9 Å². The van der Waals surface area contributed by atoms with Crippen molar-refractivity contribution in [1.82, 2.24) is 9.97 Å². The van der Waals surface area contributed by atoms with Gasteiger partial charge < -0.3 is 9.47 Å². The zero-order chi connectivity index (χ0) is 23.5. The van der Waals surface area contributed by atoms with Crippen LogP contribution in [-0.4, -0.2) is 29.4 Å². The monoisotopic (exact) mass is 450 g/mol. The van der Waals surface area contributed by atoms with Crippen LogP contribution in [0.4, 0.5) is 4.39 Å². The fourth-order valence-corrected chi connectivity index (χ4v) is 3.33. The first-order valence-electron chi connectivity index (χ1n) is 12.0. The van der Waals surface area contributed by atoms with Gasteiger partial charge in [-0.25, -0.2) is 14.4 Å². The van der Waals surface area contributed by atoms with E-state index >= 15 is 0 Å². The first-order valence-corrected chi connectivity index (χ1v) is 12.0. The molecule has 33 heavy (non-hydrogen) atoms. The van der Waals surface area contributed by atoms with E-state index in [4.69, 9.17) is 9.47 Å². The summed E-state index contributed by atoms with van der Waals surface area (Å²) < 4.78 is 25.1. The van der Waals surface area contributed by atoms with Crippen LogP contribution in [0, 0.1) is 5.92 Å². The molecule has 0 saturated carbocycles. The van der Waals surface area contributed by atoms with E-state index in [2.05, 4.69) is 16.9 Å². The Morgan fingerprint density at radius 2 is 1.30 bits per heavy atom. The number of rotatable bonds is 13. The molecule has 0 saturated heterocycles. The number of aromatic nitrogens is 2. The average molecular weight is 451 g/mol. The Kier molecular flexibility index (Phi) is 9.67. The molecule has 176 valence electrons. The van der Waals surface area contributed by atoms with Gasteiger partial charge in [0.15, 0.2) is 5.82 Å². The van der Waals surface area contributed by atoms with Gasteiger partial charge in [0.25, 0.3) is 0 Å². The maximum atomic E-state index is 13.7. The molecular formula is C28H35FN2O2. The first-order chi connectivity index (χ1) is 16.1. The van der Waals surface area contributed by atoms with Crippen molar-refractivity contribution in [1.29, 1.82) is 0 Å². The predicted molar refractivity (Wildman–Crippen MR) is 132 cm³/mol. The van der Waals surface area contributed by atoms with Crippen molar-refractivity contribution in [2.75, 3.05) is 13.2 Å². The van der Waals surface area contributed by atoms with Gasteiger partial charge in [0.05, 0.1) is 6.61 Å². The second kappa shape index (κ2) is 12.9. The van der Waals surface area contributed by atoms with Gasteiger partial charge in [-0.15, -0.1) is 0 Å². The Bertz CT molecular complexity index is 941. The largest absolute Gasteiger partial charge is 0.494 e. The molecule has 5 heteroatoms. The lowest BCUT2D eigenvalue weighted by Crippen LogP contribution is -2.18. The Hall–Kier alpha value is -2.95. The van der Waals surface area contributed by atoms with Crippen molar-refractivity contribution in [3.8, 4) is 34.0 Å². The molecular weight excluding hydrogens is 415 g/mol. The highest BCUT2D eigenvalue weighted by atomic mass is 19.1. The summed E-state index contributed by atoms with van der Waals surface area (Å²) in [5.41, 5.74) is 2.89. The minimum absolute atomic E-state index is 0.0553. The van der Waals surface area contributed by atoms with Gasteiger partial charge in [0.2, 0.25) is 0 Å². The van der Waals surface area contributed by atoms with Gasteiger partial charge in [-0.1, -0.05) is 58.6 Å². The average Bonchev–Trinajstić information content (AvgIpc) is 2.85. The number of benzene rings is 2. The summed E-state index contributed by atoms with van der Waals surface area (Å²) in [5.74, 6) is 2.11. The second-order valence-electron chi connectivity index (χ2n) is 8.68. The third-order valence-electron chi connectivity index (χ3n) is 5.60. The van der Waals surface area contributed by atoms with E-state index in [-0.39, 0.29) is 12.5 Å². The molecule has 1 unspecified atom stereocenters. The molecule has 1 heterocycles. The van der Waals surface area contributed by atoms with Crippen LogP contribution in [0.2, 0.25) is 0 Å². The number of halogens is 1. The van der Waals surface area contributed by atoms with E-state index in [1.165, 1.54) is 25.7 Å². The number of alkyl halides is 1. The number of ether oxygens (including phenoxy) is 2. The van der Waals surface area contributed by atoms with Crippen molar-refractivity contribution in [2.45, 2.75) is 59.0 Å². The van der Waals surface area contributed by atoms with Gasteiger partial charge in [0, 0.05) is 23.5 Å². The molecule has 1 aromatic heterocycles. The molecule has 0 aliphatic carbocycles. The molecule has 0 aliphatic heterocycles. The fourth-order valence-electron chi connectivity index (χ4n) is 3.33. The molecule has 0 bridgehead atoms. The van der Waals surface area contributed by atoms with E-state index in [0.717, 1.165) is 35.5 Å². The lowest BCUT2D eigenvalue weighted by molar-refractivity contribution is 0.155. The number of hydrogen-bond donors (Lipinski definition) is 0. The van der Waals surface area contributed by atoms with Crippen LogP contribution in [0.5, 0.6) is 11.5 Å². The van der Waals surface area contributed by atoms with E-state index in [1.807, 2.05) is 74.8 Å². The number of nitrogens with zero attached hydrogens (tertiary/aromatic N) is 2. The lowest BCUT2D eigenvalue weighted by atomic mass is 10.1. The smallest absolute Gasteiger partial charge is 0.159 e. The van der Waals surface area contributed by atoms with Crippen molar-refractivity contribution in [2.24, 2.45) is 5.92 Å². The van der Waals surface area contributed by atoms with E-state index in [0.29, 0.717) is 11.6 Å². The summed E-state index contributed by atoms with van der Waals surface area (Å²) in [5, 5.41) is 0. The third kappa shape index (κ3) is 7.85. The molecule has 1 atom stereocenters. The fraction of sp³-hybridized carbons (Fsp3) is 0.429. The molecule has 2 aromatic carbocycles. The Morgan fingerprint density at radius 3 is 1.91 bits per heavy atom. The molecule has 0 N–H and O–H groups in total. The molecule has 0 radical (unpaired) electrons. The molecule has 4 nitrogen and oxygen atoms in total. The van der Waals surface area contributed by atoms with Gasteiger partial charge in [-0.3, -0.25) is 0 Å². The van der Waals surface area contributed by atoms with Gasteiger partial charge in [0.1, 0.15) is 24.3 Å². The van der Waals surface area contributed by atoms with E-state index in [1.54, 1.807) is 0 Å².